The highest BCUT2D eigenvalue weighted by Gasteiger charge is 2.52. The fourth-order valence-electron chi connectivity index (χ4n) is 8.07. The van der Waals surface area contributed by atoms with E-state index in [1.807, 2.05) is 25.1 Å². The van der Waals surface area contributed by atoms with Crippen LogP contribution >= 0.6 is 0 Å². The molecule has 4 aliphatic carbocycles. The highest BCUT2D eigenvalue weighted by molar-refractivity contribution is 5.87. The third kappa shape index (κ3) is 4.62. The Balaban J connectivity index is 1.45. The highest BCUT2D eigenvalue weighted by Crippen LogP contribution is 2.62. The van der Waals surface area contributed by atoms with Crippen molar-refractivity contribution < 1.29 is 19.7 Å². The number of phenols is 1. The van der Waals surface area contributed by atoms with Gasteiger partial charge in [-0.15, -0.1) is 0 Å². The summed E-state index contributed by atoms with van der Waals surface area (Å²) in [7, 11) is 0. The molecule has 4 nitrogen and oxygen atoms in total. The standard InChI is InChI=1S/C34H36O4/c1-2-28-26(10-13-32(36)37)8-11-30(35)33(28)27-9-12-31(38-21-22-6-4-3-5-7-22)29(17-27)34-18-23-14-24(19-34)16-25(15-23)20-34/h3-13,17,23-25,35H,2,14-16,18-21H2,1H3,(H,36,37). The molecule has 7 rings (SSSR count). The number of benzene rings is 3. The lowest BCUT2D eigenvalue weighted by Crippen LogP contribution is -2.48. The summed E-state index contributed by atoms with van der Waals surface area (Å²) < 4.78 is 6.54. The highest BCUT2D eigenvalue weighted by atomic mass is 16.5. The van der Waals surface area contributed by atoms with Crippen LogP contribution in [-0.4, -0.2) is 16.2 Å². The van der Waals surface area contributed by atoms with Gasteiger partial charge in [0.2, 0.25) is 0 Å². The lowest BCUT2D eigenvalue weighted by molar-refractivity contribution is -0.131. The normalized spacial score (nSPS) is 25.7. The number of carboxylic acids is 1. The first-order valence-electron chi connectivity index (χ1n) is 14.0. The molecule has 4 heteroatoms. The summed E-state index contributed by atoms with van der Waals surface area (Å²) in [6.45, 7) is 2.58. The van der Waals surface area contributed by atoms with Crippen LogP contribution in [-0.2, 0) is 23.2 Å². The van der Waals surface area contributed by atoms with Crippen LogP contribution in [0.2, 0.25) is 0 Å². The summed E-state index contributed by atoms with van der Waals surface area (Å²) in [4.78, 5) is 11.2. The van der Waals surface area contributed by atoms with E-state index in [2.05, 4.69) is 30.3 Å². The van der Waals surface area contributed by atoms with Crippen molar-refractivity contribution in [2.24, 2.45) is 17.8 Å². The lowest BCUT2D eigenvalue weighted by Gasteiger charge is -2.57. The molecule has 0 radical (unpaired) electrons. The Kier molecular flexibility index (Phi) is 6.51. The van der Waals surface area contributed by atoms with Gasteiger partial charge in [-0.3, -0.25) is 0 Å². The molecule has 4 bridgehead atoms. The predicted molar refractivity (Wildman–Crippen MR) is 150 cm³/mol. The minimum atomic E-state index is -0.981. The molecule has 3 aromatic carbocycles. The van der Waals surface area contributed by atoms with Crippen LogP contribution in [0.5, 0.6) is 11.5 Å². The summed E-state index contributed by atoms with van der Waals surface area (Å²) in [5.41, 5.74) is 6.11. The SMILES string of the molecule is CCc1c(C=CC(=O)O)ccc(O)c1-c1ccc(OCc2ccccc2)c(C23CC4CC(CC(C4)C2)C3)c1. The molecule has 38 heavy (non-hydrogen) atoms. The van der Waals surface area contributed by atoms with E-state index in [-0.39, 0.29) is 11.2 Å². The Labute approximate surface area is 225 Å². The van der Waals surface area contributed by atoms with E-state index in [0.717, 1.165) is 57.4 Å². The van der Waals surface area contributed by atoms with Gasteiger partial charge in [0.15, 0.2) is 0 Å². The summed E-state index contributed by atoms with van der Waals surface area (Å²) in [5.74, 6) is 2.61. The van der Waals surface area contributed by atoms with Gasteiger partial charge in [0, 0.05) is 17.2 Å². The molecule has 0 unspecified atom stereocenters. The van der Waals surface area contributed by atoms with Crippen LogP contribution in [0.1, 0.15) is 67.7 Å². The third-order valence-electron chi connectivity index (χ3n) is 9.20. The van der Waals surface area contributed by atoms with Crippen LogP contribution in [0.4, 0.5) is 0 Å². The van der Waals surface area contributed by atoms with E-state index in [4.69, 9.17) is 4.74 Å². The third-order valence-corrected chi connectivity index (χ3v) is 9.20. The van der Waals surface area contributed by atoms with E-state index >= 15 is 0 Å². The van der Waals surface area contributed by atoms with Crippen molar-refractivity contribution in [3.63, 3.8) is 0 Å². The molecule has 4 saturated carbocycles. The zero-order valence-electron chi connectivity index (χ0n) is 22.0. The molecule has 0 saturated heterocycles. The van der Waals surface area contributed by atoms with Gasteiger partial charge in [-0.05, 0) is 115 Å². The second-order valence-electron chi connectivity index (χ2n) is 11.7. The quantitative estimate of drug-likeness (QED) is 0.305. The van der Waals surface area contributed by atoms with Crippen molar-refractivity contribution >= 4 is 12.0 Å². The van der Waals surface area contributed by atoms with Gasteiger partial charge in [-0.1, -0.05) is 49.4 Å². The van der Waals surface area contributed by atoms with Crippen LogP contribution in [0.15, 0.2) is 66.7 Å². The zero-order chi connectivity index (χ0) is 26.3. The van der Waals surface area contributed by atoms with Gasteiger partial charge < -0.3 is 14.9 Å². The van der Waals surface area contributed by atoms with Crippen LogP contribution < -0.4 is 4.74 Å². The first-order chi connectivity index (χ1) is 18.4. The molecule has 4 aliphatic rings. The van der Waals surface area contributed by atoms with Gasteiger partial charge in [0.1, 0.15) is 18.1 Å². The Morgan fingerprint density at radius 1 is 0.974 bits per heavy atom. The number of aromatic hydroxyl groups is 1. The van der Waals surface area contributed by atoms with Crippen molar-refractivity contribution in [2.45, 2.75) is 63.9 Å². The smallest absolute Gasteiger partial charge is 0.328 e. The van der Waals surface area contributed by atoms with Crippen molar-refractivity contribution in [1.29, 1.82) is 0 Å². The second-order valence-corrected chi connectivity index (χ2v) is 11.7. The van der Waals surface area contributed by atoms with E-state index in [1.54, 1.807) is 18.2 Å². The van der Waals surface area contributed by atoms with Gasteiger partial charge in [-0.2, -0.15) is 0 Å². The molecule has 3 aromatic rings. The van der Waals surface area contributed by atoms with Crippen LogP contribution in [0.25, 0.3) is 17.2 Å². The monoisotopic (exact) mass is 508 g/mol. The predicted octanol–water partition coefficient (Wildman–Crippen LogP) is 7.77. The fraction of sp³-hybridized carbons (Fsp3) is 0.382. The minimum Gasteiger partial charge on any atom is -0.507 e. The summed E-state index contributed by atoms with van der Waals surface area (Å²) in [6.07, 6.45) is 11.3. The lowest BCUT2D eigenvalue weighted by atomic mass is 9.48. The number of carbonyl (C=O) groups is 1. The molecule has 2 N–H and O–H groups in total. The Morgan fingerprint density at radius 2 is 1.66 bits per heavy atom. The summed E-state index contributed by atoms with van der Waals surface area (Å²) >= 11 is 0. The van der Waals surface area contributed by atoms with Crippen LogP contribution in [0, 0.1) is 17.8 Å². The second kappa shape index (κ2) is 9.98. The maximum atomic E-state index is 11.2. The van der Waals surface area contributed by atoms with Crippen molar-refractivity contribution in [2.75, 3.05) is 0 Å². The molecule has 4 fully saturated rings. The molecule has 0 spiro atoms. The molecule has 196 valence electrons. The fourth-order valence-corrected chi connectivity index (χ4v) is 8.07. The zero-order valence-corrected chi connectivity index (χ0v) is 22.0. The number of rotatable bonds is 8. The van der Waals surface area contributed by atoms with Crippen molar-refractivity contribution in [3.8, 4) is 22.6 Å². The summed E-state index contributed by atoms with van der Waals surface area (Å²) in [5, 5.41) is 20.2. The number of phenolic OH excluding ortho intramolecular Hbond substituents is 1. The van der Waals surface area contributed by atoms with Crippen molar-refractivity contribution in [1.82, 2.24) is 0 Å². The maximum absolute atomic E-state index is 11.2. The Bertz CT molecular complexity index is 1340. The van der Waals surface area contributed by atoms with Gasteiger partial charge in [0.05, 0.1) is 0 Å². The number of carboxylic acid groups (broad SMARTS) is 1. The topological polar surface area (TPSA) is 66.8 Å². The Morgan fingerprint density at radius 3 is 2.29 bits per heavy atom. The molecular formula is C34H36O4. The summed E-state index contributed by atoms with van der Waals surface area (Å²) in [6, 6.07) is 20.2. The van der Waals surface area contributed by atoms with E-state index in [0.29, 0.717) is 13.0 Å². The van der Waals surface area contributed by atoms with Crippen molar-refractivity contribution in [3.05, 3.63) is 89.0 Å². The van der Waals surface area contributed by atoms with Crippen LogP contribution in [0.3, 0.4) is 0 Å². The van der Waals surface area contributed by atoms with E-state index in [1.165, 1.54) is 44.1 Å². The average Bonchev–Trinajstić information content (AvgIpc) is 2.90. The Hall–Kier alpha value is -3.53. The first-order valence-corrected chi connectivity index (χ1v) is 14.0. The van der Waals surface area contributed by atoms with Gasteiger partial charge in [0.25, 0.3) is 0 Å². The molecule has 0 aromatic heterocycles. The molecule has 0 aliphatic heterocycles. The molecule has 0 heterocycles. The number of aliphatic carboxylic acids is 1. The molecular weight excluding hydrogens is 472 g/mol. The van der Waals surface area contributed by atoms with Gasteiger partial charge >= 0.3 is 5.97 Å². The van der Waals surface area contributed by atoms with E-state index in [9.17, 15) is 15.0 Å². The number of hydrogen-bond donors (Lipinski definition) is 2. The van der Waals surface area contributed by atoms with Gasteiger partial charge in [-0.25, -0.2) is 4.79 Å². The largest absolute Gasteiger partial charge is 0.507 e. The maximum Gasteiger partial charge on any atom is 0.328 e. The molecule has 0 amide bonds. The number of hydrogen-bond acceptors (Lipinski definition) is 3. The molecule has 0 atom stereocenters. The minimum absolute atomic E-state index is 0.125. The first kappa shape index (κ1) is 24.8. The van der Waals surface area contributed by atoms with E-state index < -0.39 is 5.97 Å². The average molecular weight is 509 g/mol. The number of ether oxygens (including phenoxy) is 1.